The second-order valence-electron chi connectivity index (χ2n) is 36.1. The van der Waals surface area contributed by atoms with E-state index >= 15 is 0 Å². The third-order valence-corrected chi connectivity index (χ3v) is 31.8. The highest BCUT2D eigenvalue weighted by molar-refractivity contribution is 7.28. The normalized spacial score (nSPS) is 12.0. The van der Waals surface area contributed by atoms with Crippen molar-refractivity contribution >= 4 is 247 Å². The number of nitrogens with zero attached hydrogens (tertiary/aromatic N) is 9. The first-order valence-electron chi connectivity index (χ1n) is 47.3. The number of hydrogen-bond donors (Lipinski definition) is 0. The van der Waals surface area contributed by atoms with Gasteiger partial charge in [0.25, 0.3) is 0 Å². The molecule has 0 spiro atoms. The Hall–Kier alpha value is -17.8. The van der Waals surface area contributed by atoms with Crippen molar-refractivity contribution in [1.29, 1.82) is 0 Å². The van der Waals surface area contributed by atoms with Gasteiger partial charge in [0.05, 0.1) is 80.8 Å². The van der Waals surface area contributed by atoms with Crippen LogP contribution in [0.3, 0.4) is 0 Å². The first-order valence-corrected chi connectivity index (χ1v) is 49.7. The van der Waals surface area contributed by atoms with E-state index < -0.39 is 0 Å². The zero-order chi connectivity index (χ0) is 91.7. The van der Waals surface area contributed by atoms with E-state index in [1.165, 1.54) is 169 Å². The Labute approximate surface area is 812 Å². The molecule has 650 valence electrons. The van der Waals surface area contributed by atoms with E-state index in [4.69, 9.17) is 29.9 Å². The van der Waals surface area contributed by atoms with Crippen molar-refractivity contribution in [2.45, 2.75) is 0 Å². The van der Waals surface area contributed by atoms with Crippen LogP contribution in [0.2, 0.25) is 0 Å². The molecular weight excluding hydrogens is 1760 g/mol. The minimum absolute atomic E-state index is 0.667. The molecule has 9 nitrogen and oxygen atoms in total. The fourth-order valence-electron chi connectivity index (χ4n) is 22.3. The summed E-state index contributed by atoms with van der Waals surface area (Å²) in [7, 11) is 0. The van der Waals surface area contributed by atoms with Crippen LogP contribution in [-0.2, 0) is 0 Å². The van der Waals surface area contributed by atoms with Crippen molar-refractivity contribution in [2.75, 3.05) is 0 Å². The lowest BCUT2D eigenvalue weighted by molar-refractivity contribution is 1.02. The van der Waals surface area contributed by atoms with Crippen LogP contribution < -0.4 is 0 Å². The molecule has 22 aromatic carbocycles. The van der Waals surface area contributed by atoms with E-state index in [2.05, 4.69) is 469 Å². The average molecular weight is 1840 g/mol. The van der Waals surface area contributed by atoms with Crippen molar-refractivity contribution in [2.24, 2.45) is 0 Å². The van der Waals surface area contributed by atoms with E-state index in [0.29, 0.717) is 17.8 Å². The quantitative estimate of drug-likeness (QED) is 0.150. The summed E-state index contributed by atoms with van der Waals surface area (Å²) in [4.78, 5) is 32.4. The van der Waals surface area contributed by atoms with Crippen molar-refractivity contribution < 1.29 is 0 Å². The first-order chi connectivity index (χ1) is 69.5. The smallest absolute Gasteiger partial charge is 0.235 e. The van der Waals surface area contributed by atoms with Crippen LogP contribution in [0, 0.1) is 0 Å². The molecule has 12 heteroatoms. The Morgan fingerprint density at radius 3 is 0.871 bits per heavy atom. The van der Waals surface area contributed by atoms with Crippen LogP contribution in [0.1, 0.15) is 0 Å². The monoisotopic (exact) mass is 1830 g/mol. The van der Waals surface area contributed by atoms with Gasteiger partial charge < -0.3 is 0 Å². The molecule has 0 aliphatic heterocycles. The summed E-state index contributed by atoms with van der Waals surface area (Å²) in [5, 5.41) is 30.6. The SMILES string of the molecule is c1ccc(-c2cc(-c3ccccc3)cc(-c3nc(-n4c5ccccc5c5c6ccccc6c6c7ccccc7sc6c54)nc4ccccc34)c2)cc1.c1ccc2c(-c3nc(-n4c5ccccc5c5c6ccccc6c6c7ccccc7sc6c54)nc4ccccc34)cccc2c1.c1ccc2cc(-c3nc(-n4c5ccccc5c5c6ccccc6c6c7ccccc7sc6c54)nc4ccccc34)ccc2c1. The molecule has 31 rings (SSSR count). The topological polar surface area (TPSA) is 92.1 Å². The van der Waals surface area contributed by atoms with Gasteiger partial charge in [-0.3, -0.25) is 13.7 Å². The predicted octanol–water partition coefficient (Wildman–Crippen LogP) is 35.4. The Morgan fingerprint density at radius 1 is 0.164 bits per heavy atom. The molecule has 0 saturated carbocycles. The van der Waals surface area contributed by atoms with Gasteiger partial charge in [-0.1, -0.05) is 376 Å². The van der Waals surface area contributed by atoms with E-state index in [-0.39, 0.29) is 0 Å². The first kappa shape index (κ1) is 79.6. The lowest BCUT2D eigenvalue weighted by atomic mass is 9.94. The van der Waals surface area contributed by atoms with Crippen LogP contribution in [0.4, 0.5) is 0 Å². The van der Waals surface area contributed by atoms with Gasteiger partial charge in [-0.25, -0.2) is 29.9 Å². The maximum absolute atomic E-state index is 5.58. The molecular formula is C128H75N9S3. The fraction of sp³-hybridized carbons (Fsp3) is 0. The maximum atomic E-state index is 5.58. The van der Waals surface area contributed by atoms with Crippen molar-refractivity contribution in [1.82, 2.24) is 43.6 Å². The lowest BCUT2D eigenvalue weighted by Crippen LogP contribution is -2.03. The largest absolute Gasteiger partial charge is 0.276 e. The minimum atomic E-state index is 0.667. The summed E-state index contributed by atoms with van der Waals surface area (Å²) < 4.78 is 14.6. The molecule has 0 amide bonds. The van der Waals surface area contributed by atoms with Gasteiger partial charge in [-0.2, -0.15) is 0 Å². The van der Waals surface area contributed by atoms with Crippen molar-refractivity contribution in [3.63, 3.8) is 0 Å². The lowest BCUT2D eigenvalue weighted by Gasteiger charge is -2.15. The van der Waals surface area contributed by atoms with E-state index in [9.17, 15) is 0 Å². The van der Waals surface area contributed by atoms with Gasteiger partial charge in [-0.15, -0.1) is 34.0 Å². The third-order valence-electron chi connectivity index (χ3n) is 28.3. The highest BCUT2D eigenvalue weighted by atomic mass is 32.1. The second-order valence-corrected chi connectivity index (χ2v) is 39.2. The third kappa shape index (κ3) is 12.4. The molecule has 0 bridgehead atoms. The molecule has 0 atom stereocenters. The standard InChI is InChI=1S/C48H29N3S.2C40H23N3S/c1-3-15-30(16-4-1)32-27-33(31-17-5-2-6-18-31)29-34(28-32)45-37-21-9-12-24-40(37)49-48(50-45)51-41-25-13-10-22-38(41)43-35-19-7-8-20-36(35)44-39-23-11-14-26-42(39)52-47(44)46(43)51;1-2-14-25-24(12-1)13-11-20-28(25)37-29-17-5-8-21-32(29)41-40(42-37)43-33-22-9-6-18-30(33)35-26-15-3-4-16-27(26)36-31-19-7-10-23-34(31)44-39(36)38(35)43;1-2-12-25-23-26(22-21-24(25)11-1)37-29-15-5-8-18-32(29)41-40(42-37)43-33-19-9-6-16-30(33)35-27-13-3-4-14-28(27)36-31-17-7-10-20-34(31)44-39(36)38(35)43/h1-29H;2*1-23H. The maximum Gasteiger partial charge on any atom is 0.235 e. The molecule has 0 saturated heterocycles. The number of aromatic nitrogens is 9. The summed E-state index contributed by atoms with van der Waals surface area (Å²) in [6.45, 7) is 0. The van der Waals surface area contributed by atoms with Gasteiger partial charge in [0.2, 0.25) is 17.8 Å². The van der Waals surface area contributed by atoms with E-state index in [1.807, 2.05) is 34.0 Å². The zero-order valence-electron chi connectivity index (χ0n) is 75.1. The second kappa shape index (κ2) is 31.9. The fourth-order valence-corrected chi connectivity index (χ4v) is 26.0. The summed E-state index contributed by atoms with van der Waals surface area (Å²) >= 11 is 5.58. The van der Waals surface area contributed by atoms with Gasteiger partial charge >= 0.3 is 0 Å². The number of fused-ring (bicyclic) bond motifs is 35. The molecule has 0 aliphatic rings. The van der Waals surface area contributed by atoms with Gasteiger partial charge in [0.1, 0.15) is 0 Å². The van der Waals surface area contributed by atoms with Gasteiger partial charge in [0, 0.05) is 112 Å². The molecule has 0 unspecified atom stereocenters. The summed E-state index contributed by atoms with van der Waals surface area (Å²) in [6, 6.07) is 162. The van der Waals surface area contributed by atoms with Crippen LogP contribution in [0.15, 0.2) is 455 Å². The van der Waals surface area contributed by atoms with E-state index in [0.717, 1.165) is 99.7 Å². The number of benzene rings is 22. The molecule has 0 N–H and O–H groups in total. The Kier molecular flexibility index (Phi) is 18.2. The number of hydrogen-bond acceptors (Lipinski definition) is 9. The van der Waals surface area contributed by atoms with Crippen LogP contribution in [-0.4, -0.2) is 43.6 Å². The van der Waals surface area contributed by atoms with Crippen molar-refractivity contribution in [3.8, 4) is 73.9 Å². The Morgan fingerprint density at radius 2 is 0.457 bits per heavy atom. The highest BCUT2D eigenvalue weighted by Crippen LogP contribution is 2.53. The molecule has 9 aromatic heterocycles. The Bertz CT molecular complexity index is 10600. The van der Waals surface area contributed by atoms with Crippen LogP contribution in [0.25, 0.3) is 286 Å². The molecule has 0 fully saturated rings. The highest BCUT2D eigenvalue weighted by Gasteiger charge is 2.30. The van der Waals surface area contributed by atoms with Gasteiger partial charge in [0.15, 0.2) is 0 Å². The van der Waals surface area contributed by atoms with Crippen molar-refractivity contribution in [3.05, 3.63) is 455 Å². The van der Waals surface area contributed by atoms with Gasteiger partial charge in [-0.05, 0) is 155 Å². The molecule has 140 heavy (non-hydrogen) atoms. The zero-order valence-corrected chi connectivity index (χ0v) is 77.5. The molecule has 0 aliphatic carbocycles. The minimum Gasteiger partial charge on any atom is -0.276 e. The molecule has 0 radical (unpaired) electrons. The molecule has 31 aromatic rings. The number of para-hydroxylation sites is 6. The summed E-state index contributed by atoms with van der Waals surface area (Å²) in [5.41, 5.74) is 20.3. The van der Waals surface area contributed by atoms with Crippen LogP contribution >= 0.6 is 34.0 Å². The van der Waals surface area contributed by atoms with Crippen LogP contribution in [0.5, 0.6) is 0 Å². The number of thiophene rings is 3. The summed E-state index contributed by atoms with van der Waals surface area (Å²) in [6.07, 6.45) is 0. The predicted molar refractivity (Wildman–Crippen MR) is 595 cm³/mol. The van der Waals surface area contributed by atoms with E-state index in [1.54, 1.807) is 0 Å². The average Bonchev–Trinajstić information content (AvgIpc) is 1.54. The Balaban J connectivity index is 0.000000101. The molecule has 9 heterocycles. The number of rotatable bonds is 8. The summed E-state index contributed by atoms with van der Waals surface area (Å²) in [5.74, 6) is 2.04.